The van der Waals surface area contributed by atoms with Gasteiger partial charge in [-0.15, -0.1) is 11.3 Å². The van der Waals surface area contributed by atoms with E-state index in [2.05, 4.69) is 15.8 Å². The van der Waals surface area contributed by atoms with Crippen LogP contribution in [0.5, 0.6) is 0 Å². The number of nitrogens with one attached hydrogen (secondary N) is 2. The van der Waals surface area contributed by atoms with Crippen molar-refractivity contribution >= 4 is 45.6 Å². The Balaban J connectivity index is 1.89. The van der Waals surface area contributed by atoms with Crippen LogP contribution >= 0.6 is 23.3 Å². The molecule has 19 heavy (non-hydrogen) atoms. The van der Waals surface area contributed by atoms with E-state index in [-0.39, 0.29) is 0 Å². The van der Waals surface area contributed by atoms with Crippen molar-refractivity contribution in [2.45, 2.75) is 4.21 Å². The summed E-state index contributed by atoms with van der Waals surface area (Å²) in [5, 5.41) is 11.9. The Kier molecular flexibility index (Phi) is 3.07. The monoisotopic (exact) mass is 286 g/mol. The molecule has 4 N–H and O–H groups in total. The van der Waals surface area contributed by atoms with Gasteiger partial charge in [-0.05, 0) is 24.1 Å². The second kappa shape index (κ2) is 4.88. The predicted octanol–water partition coefficient (Wildman–Crippen LogP) is 3.80. The highest BCUT2D eigenvalue weighted by Gasteiger charge is 2.07. The molecule has 3 rings (SSSR count). The van der Waals surface area contributed by atoms with Crippen molar-refractivity contribution in [3.05, 3.63) is 41.4 Å². The number of nitrogens with zero attached hydrogens (tertiary/aromatic N) is 1. The average molecular weight is 286 g/mol. The zero-order chi connectivity index (χ0) is 13.2. The summed E-state index contributed by atoms with van der Waals surface area (Å²) >= 11 is 3.11. The molecule has 0 saturated heterocycles. The van der Waals surface area contributed by atoms with Gasteiger partial charge in [0.2, 0.25) is 0 Å². The fourth-order valence-electron chi connectivity index (χ4n) is 1.82. The molecule has 2 heterocycles. The maximum Gasteiger partial charge on any atom is 0.101 e. The number of hydrogen-bond acceptors (Lipinski definition) is 5. The molecule has 0 aliphatic carbocycles. The van der Waals surface area contributed by atoms with E-state index in [0.29, 0.717) is 5.56 Å². The van der Waals surface area contributed by atoms with E-state index < -0.39 is 0 Å². The number of hydrogen-bond donors (Lipinski definition) is 3. The normalized spacial score (nSPS) is 10.5. The first kappa shape index (κ1) is 12.0. The first-order valence-corrected chi connectivity index (χ1v) is 7.24. The SMILES string of the molecule is N#Cc1c[nH]c2c(NSc3cc(N)cs3)cccc12. The molecular weight excluding hydrogens is 276 g/mol. The van der Waals surface area contributed by atoms with E-state index in [1.165, 1.54) is 11.9 Å². The number of aromatic amines is 1. The molecule has 94 valence electrons. The third-order valence-corrected chi connectivity index (χ3v) is 4.61. The molecule has 0 aliphatic heterocycles. The Bertz CT molecular complexity index is 766. The fraction of sp³-hybridized carbons (Fsp3) is 0. The highest BCUT2D eigenvalue weighted by atomic mass is 32.2. The Morgan fingerprint density at radius 3 is 3.05 bits per heavy atom. The van der Waals surface area contributed by atoms with Gasteiger partial charge >= 0.3 is 0 Å². The summed E-state index contributed by atoms with van der Waals surface area (Å²) in [5.41, 5.74) is 9.02. The van der Waals surface area contributed by atoms with Gasteiger partial charge in [-0.3, -0.25) is 0 Å². The minimum Gasteiger partial charge on any atom is -0.398 e. The number of H-pyrrole nitrogens is 1. The van der Waals surface area contributed by atoms with Crippen molar-refractivity contribution in [1.82, 2.24) is 4.98 Å². The van der Waals surface area contributed by atoms with Crippen molar-refractivity contribution in [2.24, 2.45) is 0 Å². The van der Waals surface area contributed by atoms with Gasteiger partial charge in [0.15, 0.2) is 0 Å². The number of benzene rings is 1. The van der Waals surface area contributed by atoms with Crippen LogP contribution in [-0.4, -0.2) is 4.98 Å². The van der Waals surface area contributed by atoms with E-state index in [0.717, 1.165) is 26.5 Å². The zero-order valence-electron chi connectivity index (χ0n) is 9.81. The molecule has 4 nitrogen and oxygen atoms in total. The molecular formula is C13H10N4S2. The summed E-state index contributed by atoms with van der Waals surface area (Å²) in [6, 6.07) is 9.95. The molecule has 6 heteroatoms. The first-order chi connectivity index (χ1) is 9.28. The van der Waals surface area contributed by atoms with Crippen molar-refractivity contribution < 1.29 is 0 Å². The lowest BCUT2D eigenvalue weighted by atomic mass is 10.2. The Labute approximate surface area is 118 Å². The minimum absolute atomic E-state index is 0.656. The van der Waals surface area contributed by atoms with Gasteiger partial charge in [0.25, 0.3) is 0 Å². The van der Waals surface area contributed by atoms with Crippen molar-refractivity contribution in [3.63, 3.8) is 0 Å². The topological polar surface area (TPSA) is 77.6 Å². The maximum atomic E-state index is 9.02. The van der Waals surface area contributed by atoms with Gasteiger partial charge in [0.05, 0.1) is 21.0 Å². The molecule has 2 aromatic heterocycles. The maximum absolute atomic E-state index is 9.02. The standard InChI is InChI=1S/C13H10N4S2/c14-5-8-6-16-13-10(8)2-1-3-11(13)17-19-12-4-9(15)7-18-12/h1-4,6-7,16-17H,15H2. The Morgan fingerprint density at radius 1 is 1.42 bits per heavy atom. The minimum atomic E-state index is 0.656. The van der Waals surface area contributed by atoms with Crippen molar-refractivity contribution in [3.8, 4) is 6.07 Å². The number of nitrogen functional groups attached to an aromatic ring is 1. The number of nitriles is 1. The van der Waals surface area contributed by atoms with Crippen LogP contribution in [0.4, 0.5) is 11.4 Å². The predicted molar refractivity (Wildman–Crippen MR) is 81.2 cm³/mol. The molecule has 0 unspecified atom stereocenters. The second-order valence-corrected chi connectivity index (χ2v) is 5.96. The van der Waals surface area contributed by atoms with E-state index in [4.69, 9.17) is 11.0 Å². The van der Waals surface area contributed by atoms with Crippen LogP contribution in [0.2, 0.25) is 0 Å². The number of para-hydroxylation sites is 1. The fourth-order valence-corrected chi connectivity index (χ4v) is 3.38. The number of thiophene rings is 1. The highest BCUT2D eigenvalue weighted by molar-refractivity contribution is 8.02. The second-order valence-electron chi connectivity index (χ2n) is 3.95. The largest absolute Gasteiger partial charge is 0.398 e. The van der Waals surface area contributed by atoms with Gasteiger partial charge in [-0.1, -0.05) is 12.1 Å². The summed E-state index contributed by atoms with van der Waals surface area (Å²) < 4.78 is 4.38. The summed E-state index contributed by atoms with van der Waals surface area (Å²) in [4.78, 5) is 3.13. The van der Waals surface area contributed by atoms with Gasteiger partial charge in [-0.25, -0.2) is 0 Å². The van der Waals surface area contributed by atoms with Gasteiger partial charge < -0.3 is 15.4 Å². The highest BCUT2D eigenvalue weighted by Crippen LogP contribution is 2.32. The number of rotatable bonds is 3. The molecule has 0 amide bonds. The van der Waals surface area contributed by atoms with Gasteiger partial charge in [-0.2, -0.15) is 5.26 Å². The zero-order valence-corrected chi connectivity index (χ0v) is 11.4. The summed E-state index contributed by atoms with van der Waals surface area (Å²) in [7, 11) is 0. The van der Waals surface area contributed by atoms with E-state index in [1.807, 2.05) is 29.6 Å². The van der Waals surface area contributed by atoms with Gasteiger partial charge in [0.1, 0.15) is 6.07 Å². The van der Waals surface area contributed by atoms with Crippen LogP contribution in [-0.2, 0) is 0 Å². The summed E-state index contributed by atoms with van der Waals surface area (Å²) in [6.45, 7) is 0. The summed E-state index contributed by atoms with van der Waals surface area (Å²) in [6.07, 6.45) is 1.73. The lowest BCUT2D eigenvalue weighted by Crippen LogP contribution is -1.86. The van der Waals surface area contributed by atoms with E-state index in [9.17, 15) is 0 Å². The molecule has 0 fully saturated rings. The van der Waals surface area contributed by atoms with E-state index in [1.54, 1.807) is 17.5 Å². The Morgan fingerprint density at radius 2 is 2.32 bits per heavy atom. The van der Waals surface area contributed by atoms with Crippen LogP contribution < -0.4 is 10.5 Å². The molecule has 0 spiro atoms. The van der Waals surface area contributed by atoms with Crippen LogP contribution in [0, 0.1) is 11.3 Å². The lowest BCUT2D eigenvalue weighted by Gasteiger charge is -2.05. The smallest absolute Gasteiger partial charge is 0.101 e. The molecule has 3 aromatic rings. The molecule has 0 saturated carbocycles. The van der Waals surface area contributed by atoms with Crippen LogP contribution in [0.1, 0.15) is 5.56 Å². The van der Waals surface area contributed by atoms with E-state index >= 15 is 0 Å². The van der Waals surface area contributed by atoms with Crippen LogP contribution in [0.3, 0.4) is 0 Å². The van der Waals surface area contributed by atoms with Crippen molar-refractivity contribution in [2.75, 3.05) is 10.5 Å². The third kappa shape index (κ3) is 2.26. The average Bonchev–Trinajstić information content (AvgIpc) is 3.02. The summed E-state index contributed by atoms with van der Waals surface area (Å²) in [5.74, 6) is 0. The number of anilines is 2. The quantitative estimate of drug-likeness (QED) is 0.640. The molecule has 1 aromatic carbocycles. The van der Waals surface area contributed by atoms with Gasteiger partial charge in [0, 0.05) is 22.7 Å². The van der Waals surface area contributed by atoms with Crippen LogP contribution in [0.15, 0.2) is 40.1 Å². The Hall–Kier alpha value is -2.10. The molecule has 0 bridgehead atoms. The number of aromatic nitrogens is 1. The van der Waals surface area contributed by atoms with Crippen LogP contribution in [0.25, 0.3) is 10.9 Å². The molecule has 0 atom stereocenters. The third-order valence-electron chi connectivity index (χ3n) is 2.69. The lowest BCUT2D eigenvalue weighted by molar-refractivity contribution is 1.45. The van der Waals surface area contributed by atoms with Crippen molar-refractivity contribution in [1.29, 1.82) is 5.26 Å². The number of fused-ring (bicyclic) bond motifs is 1. The number of nitrogens with two attached hydrogens (primary N) is 1. The first-order valence-electron chi connectivity index (χ1n) is 5.55. The molecule has 0 radical (unpaired) electrons. The molecule has 0 aliphatic rings.